The Morgan fingerprint density at radius 1 is 1.06 bits per heavy atom. The van der Waals surface area contributed by atoms with Crippen molar-refractivity contribution in [3.8, 4) is 5.75 Å². The fourth-order valence-electron chi connectivity index (χ4n) is 5.10. The van der Waals surface area contributed by atoms with Crippen molar-refractivity contribution < 1.29 is 14.3 Å². The predicted octanol–water partition coefficient (Wildman–Crippen LogP) is 4.68. The Balaban J connectivity index is 1.31. The molecule has 3 aliphatic rings. The lowest BCUT2D eigenvalue weighted by molar-refractivity contribution is -0.145. The molecule has 2 fully saturated rings. The highest BCUT2D eigenvalue weighted by Crippen LogP contribution is 2.35. The fourth-order valence-corrected chi connectivity index (χ4v) is 6.02. The van der Waals surface area contributed by atoms with Crippen LogP contribution in [0.1, 0.15) is 55.0 Å². The Morgan fingerprint density at radius 2 is 1.84 bits per heavy atom. The molecule has 1 aromatic heterocycles. The van der Waals surface area contributed by atoms with Crippen molar-refractivity contribution in [2.75, 3.05) is 26.2 Å². The Morgan fingerprint density at radius 3 is 2.59 bits per heavy atom. The third-order valence-electron chi connectivity index (χ3n) is 7.08. The number of hydrogen-bond acceptors (Lipinski definition) is 4. The van der Waals surface area contributed by atoms with Crippen molar-refractivity contribution in [3.05, 3.63) is 52.2 Å². The maximum atomic E-state index is 13.6. The second kappa shape index (κ2) is 9.65. The molecule has 5 rings (SSSR count). The Labute approximate surface area is 194 Å². The van der Waals surface area contributed by atoms with Crippen molar-refractivity contribution in [2.45, 2.75) is 51.0 Å². The maximum absolute atomic E-state index is 13.6. The number of carbonyl (C=O) groups is 2. The Hall–Kier alpha value is -2.34. The molecule has 0 saturated heterocycles. The molecule has 2 aromatic rings. The number of ether oxygens (including phenoxy) is 1. The molecule has 6 heteroatoms. The van der Waals surface area contributed by atoms with Crippen LogP contribution in [0.25, 0.3) is 0 Å². The van der Waals surface area contributed by atoms with Gasteiger partial charge < -0.3 is 14.5 Å². The number of carbonyl (C=O) groups excluding carboxylic acids is 2. The van der Waals surface area contributed by atoms with E-state index in [2.05, 4.69) is 11.4 Å². The maximum Gasteiger partial charge on any atom is 0.242 e. The standard InChI is InChI=1S/C26H32N2O3S/c29-25(17-27(16-19-10-11-19)26(30)20-6-4-5-7-20)28-14-12-24-22(13-15-32-24)23(28)18-31-21-8-2-1-3-9-21/h1-3,8-9,13,15,19-20,23H,4-7,10-12,14,16-18H2. The average molecular weight is 453 g/mol. The van der Waals surface area contributed by atoms with E-state index in [4.69, 9.17) is 4.74 Å². The van der Waals surface area contributed by atoms with Gasteiger partial charge in [0, 0.05) is 23.9 Å². The van der Waals surface area contributed by atoms with Crippen LogP contribution < -0.4 is 4.74 Å². The van der Waals surface area contributed by atoms with Gasteiger partial charge in [-0.3, -0.25) is 9.59 Å². The number of hydrogen-bond donors (Lipinski definition) is 0. The van der Waals surface area contributed by atoms with Gasteiger partial charge in [-0.1, -0.05) is 31.0 Å². The van der Waals surface area contributed by atoms with Gasteiger partial charge in [0.05, 0.1) is 12.6 Å². The van der Waals surface area contributed by atoms with Crippen molar-refractivity contribution in [1.29, 1.82) is 0 Å². The van der Waals surface area contributed by atoms with Gasteiger partial charge in [0.2, 0.25) is 11.8 Å². The molecule has 1 atom stereocenters. The lowest BCUT2D eigenvalue weighted by atomic mass is 10.00. The van der Waals surface area contributed by atoms with E-state index in [0.717, 1.165) is 44.4 Å². The van der Waals surface area contributed by atoms with Gasteiger partial charge in [0.1, 0.15) is 12.4 Å². The van der Waals surface area contributed by atoms with Crippen LogP contribution in [-0.2, 0) is 16.0 Å². The van der Waals surface area contributed by atoms with Crippen LogP contribution in [0.15, 0.2) is 41.8 Å². The third-order valence-corrected chi connectivity index (χ3v) is 8.08. The van der Waals surface area contributed by atoms with Gasteiger partial charge in [0.15, 0.2) is 0 Å². The highest BCUT2D eigenvalue weighted by Gasteiger charge is 2.36. The molecule has 5 nitrogen and oxygen atoms in total. The van der Waals surface area contributed by atoms with E-state index in [0.29, 0.717) is 19.1 Å². The predicted molar refractivity (Wildman–Crippen MR) is 126 cm³/mol. The number of nitrogens with zero attached hydrogens (tertiary/aromatic N) is 2. The summed E-state index contributed by atoms with van der Waals surface area (Å²) >= 11 is 1.76. The summed E-state index contributed by atoms with van der Waals surface area (Å²) in [6, 6.07) is 11.8. The number of thiophene rings is 1. The van der Waals surface area contributed by atoms with E-state index in [-0.39, 0.29) is 30.3 Å². The molecule has 2 aliphatic carbocycles. The number of para-hydroxylation sites is 1. The van der Waals surface area contributed by atoms with E-state index in [1.165, 1.54) is 23.3 Å². The number of benzene rings is 1. The summed E-state index contributed by atoms with van der Waals surface area (Å²) in [6.45, 7) is 2.06. The molecule has 0 spiro atoms. The van der Waals surface area contributed by atoms with Crippen molar-refractivity contribution >= 4 is 23.2 Å². The lowest BCUT2D eigenvalue weighted by Crippen LogP contribution is -2.49. The first-order valence-electron chi connectivity index (χ1n) is 12.0. The summed E-state index contributed by atoms with van der Waals surface area (Å²) in [7, 11) is 0. The van der Waals surface area contributed by atoms with E-state index in [1.54, 1.807) is 11.3 Å². The largest absolute Gasteiger partial charge is 0.491 e. The molecule has 0 bridgehead atoms. The van der Waals surface area contributed by atoms with Crippen LogP contribution in [-0.4, -0.2) is 47.9 Å². The summed E-state index contributed by atoms with van der Waals surface area (Å²) in [5, 5.41) is 2.11. The molecule has 2 saturated carbocycles. The first-order chi connectivity index (χ1) is 15.7. The molecule has 0 N–H and O–H groups in total. The molecular weight excluding hydrogens is 420 g/mol. The topological polar surface area (TPSA) is 49.9 Å². The van der Waals surface area contributed by atoms with Crippen LogP contribution in [0, 0.1) is 11.8 Å². The van der Waals surface area contributed by atoms with Crippen molar-refractivity contribution in [2.24, 2.45) is 11.8 Å². The van der Waals surface area contributed by atoms with Crippen LogP contribution in [0.5, 0.6) is 5.75 Å². The zero-order chi connectivity index (χ0) is 21.9. The molecule has 1 aromatic carbocycles. The zero-order valence-corrected chi connectivity index (χ0v) is 19.4. The van der Waals surface area contributed by atoms with E-state index >= 15 is 0 Å². The SMILES string of the molecule is O=C(C1CCCC1)N(CC(=O)N1CCc2sccc2C1COc1ccccc1)CC1CC1. The van der Waals surface area contributed by atoms with Crippen LogP contribution in [0.4, 0.5) is 0 Å². The molecule has 1 aliphatic heterocycles. The normalized spacial score (nSPS) is 20.8. The summed E-state index contributed by atoms with van der Waals surface area (Å²) in [5.41, 5.74) is 1.20. The van der Waals surface area contributed by atoms with Crippen LogP contribution >= 0.6 is 11.3 Å². The highest BCUT2D eigenvalue weighted by atomic mass is 32.1. The molecular formula is C26H32N2O3S. The summed E-state index contributed by atoms with van der Waals surface area (Å²) in [4.78, 5) is 32.0. The van der Waals surface area contributed by atoms with Crippen LogP contribution in [0.2, 0.25) is 0 Å². The molecule has 2 heterocycles. The fraction of sp³-hybridized carbons (Fsp3) is 0.538. The molecule has 1 unspecified atom stereocenters. The monoisotopic (exact) mass is 452 g/mol. The summed E-state index contributed by atoms with van der Waals surface area (Å²) in [5.74, 6) is 1.76. The number of fused-ring (bicyclic) bond motifs is 1. The van der Waals surface area contributed by atoms with Crippen LogP contribution in [0.3, 0.4) is 0 Å². The Bertz CT molecular complexity index is 934. The van der Waals surface area contributed by atoms with Gasteiger partial charge in [0.25, 0.3) is 0 Å². The number of amides is 2. The minimum Gasteiger partial charge on any atom is -0.491 e. The molecule has 2 amide bonds. The van der Waals surface area contributed by atoms with Gasteiger partial charge >= 0.3 is 0 Å². The highest BCUT2D eigenvalue weighted by molar-refractivity contribution is 7.10. The number of rotatable bonds is 8. The molecule has 32 heavy (non-hydrogen) atoms. The van der Waals surface area contributed by atoms with Gasteiger partial charge in [-0.05, 0) is 67.2 Å². The third kappa shape index (κ3) is 4.85. The molecule has 0 radical (unpaired) electrons. The van der Waals surface area contributed by atoms with E-state index in [9.17, 15) is 9.59 Å². The second-order valence-electron chi connectivity index (χ2n) is 9.42. The van der Waals surface area contributed by atoms with E-state index < -0.39 is 0 Å². The molecule has 170 valence electrons. The Kier molecular flexibility index (Phi) is 6.49. The van der Waals surface area contributed by atoms with Crippen molar-refractivity contribution in [3.63, 3.8) is 0 Å². The smallest absolute Gasteiger partial charge is 0.242 e. The van der Waals surface area contributed by atoms with E-state index in [1.807, 2.05) is 40.1 Å². The minimum atomic E-state index is -0.109. The van der Waals surface area contributed by atoms with Gasteiger partial charge in [-0.2, -0.15) is 0 Å². The first kappa shape index (κ1) is 21.5. The second-order valence-corrected chi connectivity index (χ2v) is 10.4. The van der Waals surface area contributed by atoms with Gasteiger partial charge in [-0.25, -0.2) is 0 Å². The average Bonchev–Trinajstić information content (AvgIpc) is 3.27. The zero-order valence-electron chi connectivity index (χ0n) is 18.6. The van der Waals surface area contributed by atoms with Crippen molar-refractivity contribution in [1.82, 2.24) is 9.80 Å². The van der Waals surface area contributed by atoms with Gasteiger partial charge in [-0.15, -0.1) is 11.3 Å². The first-order valence-corrected chi connectivity index (χ1v) is 12.9. The lowest BCUT2D eigenvalue weighted by Gasteiger charge is -2.37. The minimum absolute atomic E-state index is 0.0514. The summed E-state index contributed by atoms with van der Waals surface area (Å²) < 4.78 is 6.09. The quantitative estimate of drug-likeness (QED) is 0.584. The summed E-state index contributed by atoms with van der Waals surface area (Å²) in [6.07, 6.45) is 7.45.